The summed E-state index contributed by atoms with van der Waals surface area (Å²) in [5.74, 6) is -1.89. The van der Waals surface area contributed by atoms with Crippen molar-refractivity contribution in [1.29, 1.82) is 0 Å². The summed E-state index contributed by atoms with van der Waals surface area (Å²) in [5.41, 5.74) is 0. The number of allylic oxidation sites excluding steroid dienone is 2. The lowest BCUT2D eigenvalue weighted by Gasteiger charge is -2.18. The number of nitrogens with zero attached hydrogens (tertiary/aromatic N) is 1. The summed E-state index contributed by atoms with van der Waals surface area (Å²) in [7, 11) is 0. The molecule has 12 heteroatoms. The van der Waals surface area contributed by atoms with Gasteiger partial charge >= 0.3 is 12.1 Å². The van der Waals surface area contributed by atoms with E-state index in [1.165, 1.54) is 0 Å². The van der Waals surface area contributed by atoms with Crippen LogP contribution in [-0.2, 0) is 42.9 Å². The molecular weight excluding hydrogens is 464 g/mol. The maximum atomic E-state index is 11.8. The van der Waals surface area contributed by atoms with E-state index in [-0.39, 0.29) is 38.8 Å². The molecule has 0 aromatic rings. The van der Waals surface area contributed by atoms with Crippen LogP contribution < -0.4 is 5.32 Å². The third-order valence-corrected chi connectivity index (χ3v) is 5.04. The highest BCUT2D eigenvalue weighted by Gasteiger charge is 2.32. The molecule has 0 aromatic carbocycles. The molecule has 1 saturated heterocycles. The Morgan fingerprint density at radius 3 is 2.11 bits per heavy atom. The minimum Gasteiger partial charge on any atom is -0.446 e. The predicted molar refractivity (Wildman–Crippen MR) is 121 cm³/mol. The minimum absolute atomic E-state index is 0.0294. The van der Waals surface area contributed by atoms with E-state index in [0.717, 1.165) is 32.1 Å². The third-order valence-electron chi connectivity index (χ3n) is 5.04. The number of ether oxygens (including phenoxy) is 5. The average Bonchev–Trinajstić information content (AvgIpc) is 3.13. The summed E-state index contributed by atoms with van der Waals surface area (Å²) in [6.45, 7) is 2.22. The fourth-order valence-corrected chi connectivity index (χ4v) is 3.26. The van der Waals surface area contributed by atoms with Crippen LogP contribution in [0.5, 0.6) is 0 Å². The van der Waals surface area contributed by atoms with Crippen molar-refractivity contribution in [2.75, 3.05) is 59.4 Å². The molecule has 1 aliphatic carbocycles. The Balaban J connectivity index is 1.30. The van der Waals surface area contributed by atoms with Crippen LogP contribution >= 0.6 is 0 Å². The second kappa shape index (κ2) is 17.8. The van der Waals surface area contributed by atoms with Crippen molar-refractivity contribution in [1.82, 2.24) is 10.4 Å². The van der Waals surface area contributed by atoms with E-state index in [0.29, 0.717) is 44.6 Å². The topological polar surface area (TPSA) is 139 Å². The maximum absolute atomic E-state index is 11.8. The first-order valence-corrected chi connectivity index (χ1v) is 12.0. The van der Waals surface area contributed by atoms with Gasteiger partial charge in [0.1, 0.15) is 12.7 Å². The molecule has 1 fully saturated rings. The maximum Gasteiger partial charge on any atom is 0.407 e. The Morgan fingerprint density at radius 1 is 0.829 bits per heavy atom. The van der Waals surface area contributed by atoms with Crippen LogP contribution in [0.1, 0.15) is 44.9 Å². The summed E-state index contributed by atoms with van der Waals surface area (Å²) in [4.78, 5) is 50.7. The van der Waals surface area contributed by atoms with Crippen molar-refractivity contribution in [2.24, 2.45) is 0 Å². The lowest BCUT2D eigenvalue weighted by Crippen LogP contribution is -2.33. The van der Waals surface area contributed by atoms with Crippen LogP contribution in [0, 0.1) is 0 Å². The van der Waals surface area contributed by atoms with Gasteiger partial charge in [0.2, 0.25) is 0 Å². The van der Waals surface area contributed by atoms with E-state index in [1.807, 2.05) is 0 Å². The van der Waals surface area contributed by atoms with Crippen molar-refractivity contribution in [3.63, 3.8) is 0 Å². The van der Waals surface area contributed by atoms with Gasteiger partial charge in [0.15, 0.2) is 0 Å². The van der Waals surface area contributed by atoms with Crippen molar-refractivity contribution in [3.8, 4) is 0 Å². The molecule has 0 saturated carbocycles. The highest BCUT2D eigenvalue weighted by atomic mass is 16.7. The lowest BCUT2D eigenvalue weighted by atomic mass is 10.0. The quantitative estimate of drug-likeness (QED) is 0.187. The third kappa shape index (κ3) is 13.2. The van der Waals surface area contributed by atoms with Gasteiger partial charge in [-0.2, -0.15) is 0 Å². The van der Waals surface area contributed by atoms with Crippen LogP contribution in [0.25, 0.3) is 0 Å². The van der Waals surface area contributed by atoms with Gasteiger partial charge in [-0.25, -0.2) is 9.59 Å². The van der Waals surface area contributed by atoms with Gasteiger partial charge in [0, 0.05) is 19.4 Å². The Bertz CT molecular complexity index is 684. The number of alkyl carbamates (subject to hydrolysis) is 1. The van der Waals surface area contributed by atoms with Gasteiger partial charge in [-0.3, -0.25) is 9.59 Å². The zero-order chi connectivity index (χ0) is 25.1. The zero-order valence-electron chi connectivity index (χ0n) is 20.1. The lowest BCUT2D eigenvalue weighted by molar-refractivity contribution is -0.200. The number of amides is 3. The van der Waals surface area contributed by atoms with Crippen LogP contribution in [0.3, 0.4) is 0 Å². The van der Waals surface area contributed by atoms with Crippen molar-refractivity contribution in [2.45, 2.75) is 51.0 Å². The normalized spacial score (nSPS) is 19.2. The summed E-state index contributed by atoms with van der Waals surface area (Å²) in [5, 5.41) is 3.17. The molecule has 12 nitrogen and oxygen atoms in total. The molecule has 1 N–H and O–H groups in total. The Morgan fingerprint density at radius 2 is 1.43 bits per heavy atom. The highest BCUT2D eigenvalue weighted by Crippen LogP contribution is 2.15. The average molecular weight is 501 g/mol. The van der Waals surface area contributed by atoms with Crippen molar-refractivity contribution >= 4 is 23.9 Å². The number of carbonyl (C=O) groups excluding carboxylic acids is 4. The Hall–Kier alpha value is -2.54. The first-order valence-electron chi connectivity index (χ1n) is 12.0. The standard InChI is InChI=1S/C23H36N2O10/c26-20-8-9-21(27)25(20)35-22(28)18-33-17-16-32-15-14-31-13-12-30-11-10-24-23(29)34-19-6-4-2-1-3-5-7-19/h1-2,19H,3-18H2,(H,24,29)/b2-1+. The number of hydrogen-bond acceptors (Lipinski definition) is 10. The number of hydrogen-bond donors (Lipinski definition) is 1. The molecule has 35 heavy (non-hydrogen) atoms. The molecule has 0 bridgehead atoms. The van der Waals surface area contributed by atoms with Gasteiger partial charge in [0.05, 0.1) is 46.2 Å². The van der Waals surface area contributed by atoms with E-state index in [9.17, 15) is 19.2 Å². The van der Waals surface area contributed by atoms with E-state index >= 15 is 0 Å². The van der Waals surface area contributed by atoms with E-state index in [2.05, 4.69) is 22.3 Å². The molecule has 0 aromatic heterocycles. The van der Waals surface area contributed by atoms with E-state index < -0.39 is 23.9 Å². The molecule has 0 spiro atoms. The first kappa shape index (κ1) is 28.7. The monoisotopic (exact) mass is 500 g/mol. The number of nitrogens with one attached hydrogen (secondary N) is 1. The molecule has 2 rings (SSSR count). The van der Waals surface area contributed by atoms with Crippen molar-refractivity contribution in [3.05, 3.63) is 12.2 Å². The molecule has 2 aliphatic rings. The number of imide groups is 1. The first-order chi connectivity index (χ1) is 17.1. The zero-order valence-corrected chi connectivity index (χ0v) is 20.1. The Kier molecular flexibility index (Phi) is 14.6. The molecule has 1 aliphatic heterocycles. The van der Waals surface area contributed by atoms with E-state index in [4.69, 9.17) is 23.7 Å². The fraction of sp³-hybridized carbons (Fsp3) is 0.739. The SMILES string of the molecule is O=C(COCCOCCOCCOCCNC(=O)OC1CC/C=C/CCC1)ON1C(=O)CCC1=O. The molecule has 198 valence electrons. The van der Waals surface area contributed by atoms with Gasteiger partial charge in [-0.15, -0.1) is 5.06 Å². The summed E-state index contributed by atoms with van der Waals surface area (Å²) < 4.78 is 26.6. The predicted octanol–water partition coefficient (Wildman–Crippen LogP) is 1.28. The van der Waals surface area contributed by atoms with Gasteiger partial charge in [-0.1, -0.05) is 12.2 Å². The Labute approximate surface area is 205 Å². The van der Waals surface area contributed by atoms with Crippen LogP contribution in [0.2, 0.25) is 0 Å². The minimum atomic E-state index is -0.823. The second-order valence-electron chi connectivity index (χ2n) is 7.87. The van der Waals surface area contributed by atoms with Crippen LogP contribution in [0.15, 0.2) is 12.2 Å². The number of rotatable bonds is 16. The van der Waals surface area contributed by atoms with Gasteiger partial charge in [0.25, 0.3) is 11.8 Å². The van der Waals surface area contributed by atoms with Gasteiger partial charge in [-0.05, 0) is 32.1 Å². The molecule has 1 atom stereocenters. The molecule has 0 radical (unpaired) electrons. The van der Waals surface area contributed by atoms with Gasteiger partial charge < -0.3 is 33.8 Å². The molecule has 1 unspecified atom stereocenters. The number of carbonyl (C=O) groups is 4. The summed E-state index contributed by atoms with van der Waals surface area (Å²) in [6, 6.07) is 0. The van der Waals surface area contributed by atoms with E-state index in [1.54, 1.807) is 0 Å². The summed E-state index contributed by atoms with van der Waals surface area (Å²) in [6.07, 6.45) is 8.70. The van der Waals surface area contributed by atoms with Crippen molar-refractivity contribution < 1.29 is 47.7 Å². The highest BCUT2D eigenvalue weighted by molar-refractivity contribution is 6.01. The molecule has 1 heterocycles. The summed E-state index contributed by atoms with van der Waals surface area (Å²) >= 11 is 0. The van der Waals surface area contributed by atoms with Crippen LogP contribution in [-0.4, -0.2) is 94.4 Å². The smallest absolute Gasteiger partial charge is 0.407 e. The fourth-order valence-electron chi connectivity index (χ4n) is 3.26. The number of hydroxylamine groups is 2. The van der Waals surface area contributed by atoms with Crippen LogP contribution in [0.4, 0.5) is 4.79 Å². The molecule has 3 amide bonds. The largest absolute Gasteiger partial charge is 0.446 e. The molecular formula is C23H36N2O10. The second-order valence-corrected chi connectivity index (χ2v) is 7.87.